The largest absolute Gasteiger partial charge is 0.493 e. The fourth-order valence-electron chi connectivity index (χ4n) is 3.05. The van der Waals surface area contributed by atoms with E-state index in [9.17, 15) is 14.3 Å². The van der Waals surface area contributed by atoms with Crippen LogP contribution >= 0.6 is 11.3 Å². The summed E-state index contributed by atoms with van der Waals surface area (Å²) in [5, 5.41) is 13.6. The molecule has 3 rings (SSSR count). The molecule has 0 aliphatic carbocycles. The SMILES string of the molecule is C/C(=N\OCc1ccc(F)cc1)C(Cc1ccc(OCCc2scnc2C)cc1)C(=O)O. The number of benzene rings is 2. The summed E-state index contributed by atoms with van der Waals surface area (Å²) in [5.41, 5.74) is 4.83. The van der Waals surface area contributed by atoms with Crippen LogP contribution in [-0.2, 0) is 29.1 Å². The molecule has 168 valence electrons. The topological polar surface area (TPSA) is 81.0 Å². The van der Waals surface area contributed by atoms with Crippen molar-refractivity contribution in [2.75, 3.05) is 6.61 Å². The van der Waals surface area contributed by atoms with Crippen LogP contribution in [0.5, 0.6) is 5.75 Å². The van der Waals surface area contributed by atoms with Crippen molar-refractivity contribution >= 4 is 23.0 Å². The van der Waals surface area contributed by atoms with Gasteiger partial charge in [0.05, 0.1) is 23.5 Å². The van der Waals surface area contributed by atoms with E-state index in [1.807, 2.05) is 36.7 Å². The number of halogens is 1. The Hall–Kier alpha value is -3.26. The molecular formula is C24H25FN2O4S. The number of carboxylic acids is 1. The molecule has 32 heavy (non-hydrogen) atoms. The average molecular weight is 457 g/mol. The van der Waals surface area contributed by atoms with Gasteiger partial charge in [0.2, 0.25) is 0 Å². The van der Waals surface area contributed by atoms with E-state index in [-0.39, 0.29) is 18.8 Å². The maximum atomic E-state index is 13.0. The average Bonchev–Trinajstić information content (AvgIpc) is 3.18. The smallest absolute Gasteiger partial charge is 0.312 e. The normalized spacial score (nSPS) is 12.4. The zero-order valence-electron chi connectivity index (χ0n) is 18.0. The predicted molar refractivity (Wildman–Crippen MR) is 122 cm³/mol. The third kappa shape index (κ3) is 6.88. The number of aromatic nitrogens is 1. The van der Waals surface area contributed by atoms with Crippen molar-refractivity contribution in [3.05, 3.63) is 81.6 Å². The summed E-state index contributed by atoms with van der Waals surface area (Å²) in [6.45, 7) is 4.30. The van der Waals surface area contributed by atoms with E-state index < -0.39 is 11.9 Å². The molecule has 1 N–H and O–H groups in total. The molecule has 1 unspecified atom stereocenters. The zero-order chi connectivity index (χ0) is 22.9. The third-order valence-corrected chi connectivity index (χ3v) is 5.96. The van der Waals surface area contributed by atoms with Gasteiger partial charge in [-0.15, -0.1) is 11.3 Å². The van der Waals surface area contributed by atoms with Gasteiger partial charge in [-0.3, -0.25) is 4.79 Å². The fraction of sp³-hybridized carbons (Fsp3) is 0.292. The summed E-state index contributed by atoms with van der Waals surface area (Å²) < 4.78 is 18.7. The molecule has 1 heterocycles. The molecule has 2 aromatic carbocycles. The predicted octanol–water partition coefficient (Wildman–Crippen LogP) is 5.05. The lowest BCUT2D eigenvalue weighted by atomic mass is 9.95. The standard InChI is InChI=1S/C24H25FN2O4S/c1-16(27-31-14-19-3-7-20(25)8-4-19)22(24(28)29)13-18-5-9-21(10-6-18)30-12-11-23-17(2)26-15-32-23/h3-10,15,22H,11-14H2,1-2H3,(H,28,29)/b27-16+. The fourth-order valence-corrected chi connectivity index (χ4v) is 3.81. The number of aliphatic carboxylic acids is 1. The highest BCUT2D eigenvalue weighted by Crippen LogP contribution is 2.18. The minimum atomic E-state index is -0.975. The van der Waals surface area contributed by atoms with E-state index in [2.05, 4.69) is 10.1 Å². The van der Waals surface area contributed by atoms with Crippen LogP contribution in [0.15, 0.2) is 59.2 Å². The van der Waals surface area contributed by atoms with Crippen LogP contribution in [0.3, 0.4) is 0 Å². The van der Waals surface area contributed by atoms with Crippen molar-refractivity contribution in [2.24, 2.45) is 11.1 Å². The van der Waals surface area contributed by atoms with Crippen LogP contribution in [0, 0.1) is 18.7 Å². The van der Waals surface area contributed by atoms with Crippen molar-refractivity contribution in [3.8, 4) is 5.75 Å². The summed E-state index contributed by atoms with van der Waals surface area (Å²) in [5.74, 6) is -1.39. The monoisotopic (exact) mass is 456 g/mol. The minimum absolute atomic E-state index is 0.136. The number of oxime groups is 1. The van der Waals surface area contributed by atoms with Crippen molar-refractivity contribution in [2.45, 2.75) is 33.3 Å². The first-order valence-electron chi connectivity index (χ1n) is 10.2. The minimum Gasteiger partial charge on any atom is -0.493 e. The third-order valence-electron chi connectivity index (χ3n) is 4.96. The molecule has 0 amide bonds. The maximum Gasteiger partial charge on any atom is 0.312 e. The van der Waals surface area contributed by atoms with Gasteiger partial charge < -0.3 is 14.7 Å². The van der Waals surface area contributed by atoms with Crippen molar-refractivity contribution in [3.63, 3.8) is 0 Å². The Balaban J connectivity index is 1.52. The van der Waals surface area contributed by atoms with E-state index in [1.54, 1.807) is 30.4 Å². The second-order valence-corrected chi connectivity index (χ2v) is 8.27. The highest BCUT2D eigenvalue weighted by Gasteiger charge is 2.22. The number of nitrogens with zero attached hydrogens (tertiary/aromatic N) is 2. The molecule has 3 aromatic rings. The number of hydrogen-bond acceptors (Lipinski definition) is 6. The molecule has 0 saturated heterocycles. The van der Waals surface area contributed by atoms with Gasteiger partial charge in [0.25, 0.3) is 0 Å². The van der Waals surface area contributed by atoms with E-state index >= 15 is 0 Å². The van der Waals surface area contributed by atoms with Gasteiger partial charge in [-0.1, -0.05) is 29.4 Å². The highest BCUT2D eigenvalue weighted by molar-refractivity contribution is 7.09. The van der Waals surface area contributed by atoms with Gasteiger partial charge in [0, 0.05) is 11.3 Å². The molecule has 0 spiro atoms. The molecule has 0 aliphatic heterocycles. The lowest BCUT2D eigenvalue weighted by Crippen LogP contribution is -2.24. The lowest BCUT2D eigenvalue weighted by Gasteiger charge is -2.13. The first kappa shape index (κ1) is 23.4. The van der Waals surface area contributed by atoms with Gasteiger partial charge in [0.15, 0.2) is 0 Å². The van der Waals surface area contributed by atoms with Crippen molar-refractivity contribution in [1.82, 2.24) is 4.98 Å². The number of hydrogen-bond donors (Lipinski definition) is 1. The van der Waals surface area contributed by atoms with E-state index in [0.29, 0.717) is 12.3 Å². The highest BCUT2D eigenvalue weighted by atomic mass is 32.1. The number of carboxylic acid groups (broad SMARTS) is 1. The molecule has 0 saturated carbocycles. The maximum absolute atomic E-state index is 13.0. The summed E-state index contributed by atoms with van der Waals surface area (Å²) >= 11 is 1.62. The van der Waals surface area contributed by atoms with Crippen LogP contribution in [0.1, 0.15) is 28.6 Å². The molecular weight excluding hydrogens is 431 g/mol. The summed E-state index contributed by atoms with van der Waals surface area (Å²) in [6, 6.07) is 13.3. The van der Waals surface area contributed by atoms with Crippen molar-refractivity contribution < 1.29 is 23.9 Å². The zero-order valence-corrected chi connectivity index (χ0v) is 18.8. The van der Waals surface area contributed by atoms with E-state index in [4.69, 9.17) is 9.57 Å². The Bertz CT molecular complexity index is 1050. The van der Waals surface area contributed by atoms with E-state index in [1.165, 1.54) is 17.0 Å². The second kappa shape index (κ2) is 11.4. The molecule has 0 fully saturated rings. The van der Waals surface area contributed by atoms with Gasteiger partial charge in [-0.2, -0.15) is 0 Å². The van der Waals surface area contributed by atoms with Crippen molar-refractivity contribution in [1.29, 1.82) is 0 Å². The van der Waals surface area contributed by atoms with Crippen LogP contribution < -0.4 is 4.74 Å². The van der Waals surface area contributed by atoms with Crippen LogP contribution in [0.4, 0.5) is 4.39 Å². The summed E-state index contributed by atoms with van der Waals surface area (Å²) in [7, 11) is 0. The molecule has 1 atom stereocenters. The first-order valence-corrected chi connectivity index (χ1v) is 11.0. The number of rotatable bonds is 11. The molecule has 0 radical (unpaired) electrons. The van der Waals surface area contributed by atoms with E-state index in [0.717, 1.165) is 29.0 Å². The Morgan fingerprint density at radius 3 is 2.47 bits per heavy atom. The quantitative estimate of drug-likeness (QED) is 0.323. The van der Waals surface area contributed by atoms with Gasteiger partial charge in [0.1, 0.15) is 24.1 Å². The second-order valence-electron chi connectivity index (χ2n) is 7.33. The van der Waals surface area contributed by atoms with Gasteiger partial charge in [-0.25, -0.2) is 9.37 Å². The summed E-state index contributed by atoms with van der Waals surface area (Å²) in [6.07, 6.45) is 1.08. The Morgan fingerprint density at radius 1 is 1.16 bits per heavy atom. The van der Waals surface area contributed by atoms with Crippen LogP contribution in [0.25, 0.3) is 0 Å². The lowest BCUT2D eigenvalue weighted by molar-refractivity contribution is -0.139. The Morgan fingerprint density at radius 2 is 1.84 bits per heavy atom. The number of ether oxygens (including phenoxy) is 1. The Labute approximate surface area is 190 Å². The molecule has 0 bridgehead atoms. The van der Waals surface area contributed by atoms with Gasteiger partial charge in [-0.05, 0) is 55.7 Å². The first-order chi connectivity index (χ1) is 15.4. The number of carbonyl (C=O) groups is 1. The molecule has 0 aliphatic rings. The van der Waals surface area contributed by atoms with Crippen LogP contribution in [-0.4, -0.2) is 28.4 Å². The van der Waals surface area contributed by atoms with Crippen LogP contribution in [0.2, 0.25) is 0 Å². The number of aryl methyl sites for hydroxylation is 1. The molecule has 1 aromatic heterocycles. The van der Waals surface area contributed by atoms with Gasteiger partial charge >= 0.3 is 5.97 Å². The molecule has 8 heteroatoms. The number of thiazole rings is 1. The molecule has 6 nitrogen and oxygen atoms in total. The summed E-state index contributed by atoms with van der Waals surface area (Å²) in [4.78, 5) is 22.5. The Kier molecular flexibility index (Phi) is 8.33.